The van der Waals surface area contributed by atoms with Gasteiger partial charge in [-0.1, -0.05) is 0 Å². The fourth-order valence-electron chi connectivity index (χ4n) is 4.02. The van der Waals surface area contributed by atoms with E-state index in [1.165, 1.54) is 0 Å². The van der Waals surface area contributed by atoms with Crippen molar-refractivity contribution in [3.63, 3.8) is 0 Å². The van der Waals surface area contributed by atoms with E-state index in [0.717, 1.165) is 29.0 Å². The van der Waals surface area contributed by atoms with Crippen LogP contribution in [0.1, 0.15) is 18.3 Å². The number of rotatable bonds is 8. The summed E-state index contributed by atoms with van der Waals surface area (Å²) in [5.74, 6) is 2.07. The van der Waals surface area contributed by atoms with Crippen molar-refractivity contribution in [2.45, 2.75) is 32.3 Å². The van der Waals surface area contributed by atoms with Crippen molar-refractivity contribution >= 4 is 16.9 Å². The minimum absolute atomic E-state index is 0.120. The number of nitrogens with zero attached hydrogens (tertiary/aromatic N) is 4. The Morgan fingerprint density at radius 1 is 1.12 bits per heavy atom. The van der Waals surface area contributed by atoms with E-state index in [4.69, 9.17) is 33.9 Å². The Kier molecular flexibility index (Phi) is 7.34. The van der Waals surface area contributed by atoms with Crippen LogP contribution >= 0.6 is 0 Å². The van der Waals surface area contributed by atoms with Gasteiger partial charge in [0.2, 0.25) is 0 Å². The highest BCUT2D eigenvalue weighted by Crippen LogP contribution is 2.30. The van der Waals surface area contributed by atoms with Gasteiger partial charge in [-0.3, -0.25) is 0 Å². The highest BCUT2D eigenvalue weighted by molar-refractivity contribution is 5.89. The first kappa shape index (κ1) is 23.3. The molecule has 1 aliphatic rings. The summed E-state index contributed by atoms with van der Waals surface area (Å²) in [6.07, 6.45) is -0.0492. The zero-order chi connectivity index (χ0) is 23.4. The van der Waals surface area contributed by atoms with E-state index >= 15 is 0 Å². The molecule has 176 valence electrons. The van der Waals surface area contributed by atoms with Crippen LogP contribution in [0.25, 0.3) is 22.3 Å². The third kappa shape index (κ3) is 4.91. The van der Waals surface area contributed by atoms with E-state index in [9.17, 15) is 5.11 Å². The smallest absolute Gasteiger partial charge is 0.165 e. The third-order valence-corrected chi connectivity index (χ3v) is 5.85. The second kappa shape index (κ2) is 10.4. The lowest BCUT2D eigenvalue weighted by Gasteiger charge is -2.35. The molecule has 9 nitrogen and oxygen atoms in total. The number of aliphatic hydroxyl groups is 1. The average Bonchev–Trinajstić information content (AvgIpc) is 2.86. The van der Waals surface area contributed by atoms with Crippen molar-refractivity contribution in [2.75, 3.05) is 46.0 Å². The maximum absolute atomic E-state index is 9.70. The first-order valence-corrected chi connectivity index (χ1v) is 10.9. The monoisotopic (exact) mass is 454 g/mol. The number of fused-ring (bicyclic) bond motifs is 1. The molecule has 33 heavy (non-hydrogen) atoms. The van der Waals surface area contributed by atoms with Gasteiger partial charge in [0.25, 0.3) is 0 Å². The summed E-state index contributed by atoms with van der Waals surface area (Å²) in [5, 5.41) is 10.6. The molecule has 3 aromatic rings. The molecule has 1 atom stereocenters. The SMILES string of the molecule is COc1ccc(-c2ccc3c(N4CCOC[C@@H]4C)nc(CC(OC)OC)nc3n2)cc1CO. The number of benzene rings is 1. The van der Waals surface area contributed by atoms with Gasteiger partial charge in [0.1, 0.15) is 17.4 Å². The van der Waals surface area contributed by atoms with Crippen LogP contribution in [-0.2, 0) is 27.2 Å². The lowest BCUT2D eigenvalue weighted by Crippen LogP contribution is -2.44. The molecule has 2 aromatic heterocycles. The molecule has 3 heterocycles. The van der Waals surface area contributed by atoms with Crippen LogP contribution in [0.15, 0.2) is 30.3 Å². The topological polar surface area (TPSA) is 99.1 Å². The predicted octanol–water partition coefficient (Wildman–Crippen LogP) is 2.58. The van der Waals surface area contributed by atoms with Crippen molar-refractivity contribution in [3.05, 3.63) is 41.7 Å². The van der Waals surface area contributed by atoms with Crippen LogP contribution in [0, 0.1) is 0 Å². The van der Waals surface area contributed by atoms with Crippen LogP contribution in [0.5, 0.6) is 5.75 Å². The molecule has 9 heteroatoms. The standard InChI is InChI=1S/C24H30N4O5/c1-15-14-33-10-9-28(15)24-18-6-7-19(16-5-8-20(30-2)17(11-16)13-29)25-23(18)26-21(27-24)12-22(31-3)32-4/h5-8,11,15,22,29H,9-10,12-14H2,1-4H3/t15-/m0/s1. The molecule has 1 aromatic carbocycles. The highest BCUT2D eigenvalue weighted by Gasteiger charge is 2.24. The number of methoxy groups -OCH3 is 3. The van der Waals surface area contributed by atoms with Gasteiger partial charge in [-0.25, -0.2) is 15.0 Å². The molecular formula is C24H30N4O5. The fourth-order valence-corrected chi connectivity index (χ4v) is 4.02. The normalized spacial score (nSPS) is 16.5. The fraction of sp³-hybridized carbons (Fsp3) is 0.458. The van der Waals surface area contributed by atoms with E-state index < -0.39 is 6.29 Å². The van der Waals surface area contributed by atoms with E-state index in [1.807, 2.05) is 30.3 Å². The van der Waals surface area contributed by atoms with Gasteiger partial charge in [-0.05, 0) is 37.3 Å². The molecule has 0 amide bonds. The minimum Gasteiger partial charge on any atom is -0.496 e. The Bertz CT molecular complexity index is 1110. The molecule has 0 saturated carbocycles. The first-order chi connectivity index (χ1) is 16.1. The van der Waals surface area contributed by atoms with Crippen molar-refractivity contribution in [1.82, 2.24) is 15.0 Å². The van der Waals surface area contributed by atoms with E-state index in [1.54, 1.807) is 21.3 Å². The van der Waals surface area contributed by atoms with Gasteiger partial charge in [0.05, 0.1) is 50.5 Å². The maximum atomic E-state index is 9.70. The van der Waals surface area contributed by atoms with Gasteiger partial charge >= 0.3 is 0 Å². The summed E-state index contributed by atoms with van der Waals surface area (Å²) < 4.78 is 21.7. The quantitative estimate of drug-likeness (QED) is 0.515. The Labute approximate surface area is 193 Å². The van der Waals surface area contributed by atoms with Crippen molar-refractivity contribution in [3.8, 4) is 17.0 Å². The second-order valence-electron chi connectivity index (χ2n) is 7.94. The molecule has 0 bridgehead atoms. The summed E-state index contributed by atoms with van der Waals surface area (Å²) in [6.45, 7) is 4.03. The lowest BCUT2D eigenvalue weighted by atomic mass is 10.1. The number of hydrogen-bond acceptors (Lipinski definition) is 9. The van der Waals surface area contributed by atoms with Gasteiger partial charge in [-0.15, -0.1) is 0 Å². The lowest BCUT2D eigenvalue weighted by molar-refractivity contribution is -0.101. The maximum Gasteiger partial charge on any atom is 0.165 e. The minimum atomic E-state index is -0.450. The van der Waals surface area contributed by atoms with Gasteiger partial charge in [-0.2, -0.15) is 0 Å². The number of anilines is 1. The van der Waals surface area contributed by atoms with Crippen molar-refractivity contribution in [2.24, 2.45) is 0 Å². The first-order valence-electron chi connectivity index (χ1n) is 10.9. The van der Waals surface area contributed by atoms with Crippen LogP contribution in [-0.4, -0.2) is 73.5 Å². The van der Waals surface area contributed by atoms with Crippen LogP contribution in [0.2, 0.25) is 0 Å². The van der Waals surface area contributed by atoms with Gasteiger partial charge < -0.3 is 29.0 Å². The molecule has 1 N–H and O–H groups in total. The van der Waals surface area contributed by atoms with E-state index in [2.05, 4.69) is 11.8 Å². The second-order valence-corrected chi connectivity index (χ2v) is 7.94. The third-order valence-electron chi connectivity index (χ3n) is 5.85. The molecule has 1 saturated heterocycles. The Hall–Kier alpha value is -2.85. The molecule has 1 fully saturated rings. The van der Waals surface area contributed by atoms with Gasteiger partial charge in [0.15, 0.2) is 11.9 Å². The molecule has 0 aliphatic carbocycles. The van der Waals surface area contributed by atoms with Crippen LogP contribution in [0.3, 0.4) is 0 Å². The number of ether oxygens (including phenoxy) is 4. The summed E-state index contributed by atoms with van der Waals surface area (Å²) in [7, 11) is 4.78. The van der Waals surface area contributed by atoms with Crippen molar-refractivity contribution < 1.29 is 24.1 Å². The molecule has 0 radical (unpaired) electrons. The summed E-state index contributed by atoms with van der Waals surface area (Å²) >= 11 is 0. The average molecular weight is 455 g/mol. The van der Waals surface area contributed by atoms with Crippen LogP contribution < -0.4 is 9.64 Å². The summed E-state index contributed by atoms with van der Waals surface area (Å²) in [6, 6.07) is 9.78. The number of pyridine rings is 1. The van der Waals surface area contributed by atoms with E-state index in [0.29, 0.717) is 42.4 Å². The largest absolute Gasteiger partial charge is 0.496 e. The zero-order valence-corrected chi connectivity index (χ0v) is 19.4. The summed E-state index contributed by atoms with van der Waals surface area (Å²) in [5.41, 5.74) is 2.92. The van der Waals surface area contributed by atoms with Crippen molar-refractivity contribution in [1.29, 1.82) is 0 Å². The Morgan fingerprint density at radius 3 is 2.64 bits per heavy atom. The Morgan fingerprint density at radius 2 is 1.94 bits per heavy atom. The molecule has 0 unspecified atom stereocenters. The Balaban J connectivity index is 1.82. The number of aromatic nitrogens is 3. The zero-order valence-electron chi connectivity index (χ0n) is 19.4. The number of hydrogen-bond donors (Lipinski definition) is 1. The van der Waals surface area contributed by atoms with Gasteiger partial charge in [0, 0.05) is 31.9 Å². The summed E-state index contributed by atoms with van der Waals surface area (Å²) in [4.78, 5) is 16.7. The molecular weight excluding hydrogens is 424 g/mol. The number of morpholine rings is 1. The van der Waals surface area contributed by atoms with Crippen LogP contribution in [0.4, 0.5) is 5.82 Å². The predicted molar refractivity (Wildman–Crippen MR) is 124 cm³/mol. The van der Waals surface area contributed by atoms with E-state index in [-0.39, 0.29) is 12.6 Å². The molecule has 1 aliphatic heterocycles. The molecule has 4 rings (SSSR count). The highest BCUT2D eigenvalue weighted by atomic mass is 16.7. The number of aliphatic hydroxyl groups excluding tert-OH is 1. The molecule has 0 spiro atoms.